The number of nitrogens with one attached hydrogen (secondary N) is 2. The molecule has 0 saturated carbocycles. The molecule has 1 saturated heterocycles. The van der Waals surface area contributed by atoms with Gasteiger partial charge in [-0.3, -0.25) is 9.69 Å². The van der Waals surface area contributed by atoms with Gasteiger partial charge in [-0.2, -0.15) is 0 Å². The van der Waals surface area contributed by atoms with Crippen molar-refractivity contribution in [3.63, 3.8) is 0 Å². The van der Waals surface area contributed by atoms with Gasteiger partial charge in [-0.15, -0.1) is 0 Å². The van der Waals surface area contributed by atoms with Crippen LogP contribution in [0.25, 0.3) is 0 Å². The molecule has 0 aliphatic carbocycles. The van der Waals surface area contributed by atoms with E-state index in [0.717, 1.165) is 39.3 Å². The van der Waals surface area contributed by atoms with E-state index in [1.807, 2.05) is 13.8 Å². The van der Waals surface area contributed by atoms with Crippen LogP contribution in [0, 0.1) is 0 Å². The lowest BCUT2D eigenvalue weighted by Gasteiger charge is -2.32. The molecule has 100 valence electrons. The Morgan fingerprint density at radius 1 is 1.24 bits per heavy atom. The van der Waals surface area contributed by atoms with Gasteiger partial charge < -0.3 is 15.5 Å². The standard InChI is InChI=1S/C12H26N4O/c1-12(2,13-3)11(17)14-5-6-16-9-7-15(4)8-10-16/h13H,5-10H2,1-4H3,(H,14,17). The summed E-state index contributed by atoms with van der Waals surface area (Å²) < 4.78 is 0. The Balaban J connectivity index is 2.18. The number of carbonyl (C=O) groups excluding carboxylic acids is 1. The lowest BCUT2D eigenvalue weighted by molar-refractivity contribution is -0.126. The predicted molar refractivity (Wildman–Crippen MR) is 70.1 cm³/mol. The van der Waals surface area contributed by atoms with Gasteiger partial charge in [0.2, 0.25) is 5.91 Å². The highest BCUT2D eigenvalue weighted by Gasteiger charge is 2.24. The SMILES string of the molecule is CNC(C)(C)C(=O)NCCN1CCN(C)CC1. The van der Waals surface area contributed by atoms with Crippen LogP contribution in [0.2, 0.25) is 0 Å². The van der Waals surface area contributed by atoms with Crippen molar-refractivity contribution in [2.45, 2.75) is 19.4 Å². The summed E-state index contributed by atoms with van der Waals surface area (Å²) in [6, 6.07) is 0. The van der Waals surface area contributed by atoms with Gasteiger partial charge in [0.15, 0.2) is 0 Å². The average molecular weight is 242 g/mol. The van der Waals surface area contributed by atoms with Gasteiger partial charge in [0, 0.05) is 39.3 Å². The Hall–Kier alpha value is -0.650. The van der Waals surface area contributed by atoms with Crippen molar-refractivity contribution in [3.8, 4) is 0 Å². The van der Waals surface area contributed by atoms with Crippen LogP contribution in [0.1, 0.15) is 13.8 Å². The molecular formula is C12H26N4O. The lowest BCUT2D eigenvalue weighted by Crippen LogP contribution is -2.53. The highest BCUT2D eigenvalue weighted by molar-refractivity contribution is 5.85. The summed E-state index contributed by atoms with van der Waals surface area (Å²) in [5.41, 5.74) is -0.484. The molecule has 0 atom stereocenters. The summed E-state index contributed by atoms with van der Waals surface area (Å²) in [4.78, 5) is 16.5. The topological polar surface area (TPSA) is 47.6 Å². The van der Waals surface area contributed by atoms with Crippen molar-refractivity contribution in [2.24, 2.45) is 0 Å². The molecule has 1 heterocycles. The normalized spacial score (nSPS) is 19.3. The van der Waals surface area contributed by atoms with E-state index >= 15 is 0 Å². The van der Waals surface area contributed by atoms with E-state index in [9.17, 15) is 4.79 Å². The zero-order valence-electron chi connectivity index (χ0n) is 11.5. The molecule has 0 spiro atoms. The van der Waals surface area contributed by atoms with Gasteiger partial charge in [-0.25, -0.2) is 0 Å². The molecule has 0 aromatic heterocycles. The van der Waals surface area contributed by atoms with Crippen LogP contribution in [0.5, 0.6) is 0 Å². The van der Waals surface area contributed by atoms with Crippen LogP contribution in [0.15, 0.2) is 0 Å². The first kappa shape index (κ1) is 14.4. The third kappa shape index (κ3) is 4.61. The minimum Gasteiger partial charge on any atom is -0.353 e. The van der Waals surface area contributed by atoms with Crippen LogP contribution in [0.3, 0.4) is 0 Å². The van der Waals surface area contributed by atoms with Crippen molar-refractivity contribution in [2.75, 3.05) is 53.4 Å². The second kappa shape index (κ2) is 6.33. The predicted octanol–water partition coefficient (Wildman–Crippen LogP) is -0.652. The maximum Gasteiger partial charge on any atom is 0.239 e. The van der Waals surface area contributed by atoms with Crippen molar-refractivity contribution in [3.05, 3.63) is 0 Å². The third-order valence-electron chi connectivity index (χ3n) is 3.50. The number of hydrogen-bond acceptors (Lipinski definition) is 4. The average Bonchev–Trinajstić information content (AvgIpc) is 2.31. The molecule has 5 heteroatoms. The zero-order valence-corrected chi connectivity index (χ0v) is 11.5. The Labute approximate surface area is 105 Å². The molecule has 0 radical (unpaired) electrons. The Morgan fingerprint density at radius 2 is 1.82 bits per heavy atom. The van der Waals surface area contributed by atoms with Crippen LogP contribution in [0.4, 0.5) is 0 Å². The zero-order chi connectivity index (χ0) is 12.9. The van der Waals surface area contributed by atoms with E-state index in [4.69, 9.17) is 0 Å². The lowest BCUT2D eigenvalue weighted by atomic mass is 10.1. The van der Waals surface area contributed by atoms with E-state index in [1.165, 1.54) is 0 Å². The number of carbonyl (C=O) groups is 1. The van der Waals surface area contributed by atoms with Gasteiger partial charge >= 0.3 is 0 Å². The summed E-state index contributed by atoms with van der Waals surface area (Å²) in [6.07, 6.45) is 0. The van der Waals surface area contributed by atoms with Gasteiger partial charge in [0.1, 0.15) is 0 Å². The number of piperazine rings is 1. The highest BCUT2D eigenvalue weighted by Crippen LogP contribution is 2.01. The fourth-order valence-electron chi connectivity index (χ4n) is 1.73. The number of hydrogen-bond donors (Lipinski definition) is 2. The largest absolute Gasteiger partial charge is 0.353 e. The summed E-state index contributed by atoms with van der Waals surface area (Å²) in [5.74, 6) is 0.0640. The Bertz CT molecular complexity index is 247. The Morgan fingerprint density at radius 3 is 2.35 bits per heavy atom. The fraction of sp³-hybridized carbons (Fsp3) is 0.917. The maximum atomic E-state index is 11.8. The van der Waals surface area contributed by atoms with Crippen molar-refractivity contribution in [1.82, 2.24) is 20.4 Å². The summed E-state index contributed by atoms with van der Waals surface area (Å²) >= 11 is 0. The van der Waals surface area contributed by atoms with E-state index in [-0.39, 0.29) is 5.91 Å². The van der Waals surface area contributed by atoms with Crippen LogP contribution < -0.4 is 10.6 Å². The summed E-state index contributed by atoms with van der Waals surface area (Å²) in [7, 11) is 3.95. The van der Waals surface area contributed by atoms with Crippen LogP contribution >= 0.6 is 0 Å². The van der Waals surface area contributed by atoms with Crippen LogP contribution in [-0.4, -0.2) is 74.6 Å². The van der Waals surface area contributed by atoms with E-state index in [0.29, 0.717) is 0 Å². The quantitative estimate of drug-likeness (QED) is 0.672. The molecule has 0 bridgehead atoms. The molecule has 17 heavy (non-hydrogen) atoms. The summed E-state index contributed by atoms with van der Waals surface area (Å²) in [5, 5.41) is 5.98. The van der Waals surface area contributed by atoms with E-state index < -0.39 is 5.54 Å². The van der Waals surface area contributed by atoms with Gasteiger partial charge in [0.25, 0.3) is 0 Å². The first-order valence-electron chi connectivity index (χ1n) is 6.34. The second-order valence-electron chi connectivity index (χ2n) is 5.28. The smallest absolute Gasteiger partial charge is 0.239 e. The number of nitrogens with zero attached hydrogens (tertiary/aromatic N) is 2. The first-order valence-corrected chi connectivity index (χ1v) is 6.34. The van der Waals surface area contributed by atoms with Crippen LogP contribution in [-0.2, 0) is 4.79 Å². The molecule has 1 amide bonds. The Kier molecular flexibility index (Phi) is 5.36. The molecule has 0 aromatic carbocycles. The minimum atomic E-state index is -0.484. The monoisotopic (exact) mass is 242 g/mol. The van der Waals surface area contributed by atoms with E-state index in [1.54, 1.807) is 7.05 Å². The molecule has 1 fully saturated rings. The molecule has 0 unspecified atom stereocenters. The molecule has 5 nitrogen and oxygen atoms in total. The maximum absolute atomic E-state index is 11.8. The fourth-order valence-corrected chi connectivity index (χ4v) is 1.73. The van der Waals surface area contributed by atoms with Crippen molar-refractivity contribution in [1.29, 1.82) is 0 Å². The number of rotatable bonds is 5. The molecule has 1 rings (SSSR count). The molecule has 1 aliphatic heterocycles. The molecule has 2 N–H and O–H groups in total. The number of likely N-dealkylation sites (N-methyl/N-ethyl adjacent to an activating group) is 2. The minimum absolute atomic E-state index is 0.0640. The van der Waals surface area contributed by atoms with Gasteiger partial charge in [0.05, 0.1) is 5.54 Å². The van der Waals surface area contributed by atoms with E-state index in [2.05, 4.69) is 27.5 Å². The second-order valence-corrected chi connectivity index (χ2v) is 5.28. The number of amides is 1. The van der Waals surface area contributed by atoms with Gasteiger partial charge in [-0.05, 0) is 27.9 Å². The molecule has 1 aliphatic rings. The van der Waals surface area contributed by atoms with Crippen molar-refractivity contribution < 1.29 is 4.79 Å². The van der Waals surface area contributed by atoms with Crippen molar-refractivity contribution >= 4 is 5.91 Å². The first-order chi connectivity index (χ1) is 7.95. The highest BCUT2D eigenvalue weighted by atomic mass is 16.2. The third-order valence-corrected chi connectivity index (χ3v) is 3.50. The molecular weight excluding hydrogens is 216 g/mol. The van der Waals surface area contributed by atoms with Gasteiger partial charge in [-0.1, -0.05) is 0 Å². The summed E-state index contributed by atoms with van der Waals surface area (Å²) in [6.45, 7) is 9.89. The molecule has 0 aromatic rings.